The van der Waals surface area contributed by atoms with Gasteiger partial charge in [-0.2, -0.15) is 0 Å². The fourth-order valence-corrected chi connectivity index (χ4v) is 11.9. The van der Waals surface area contributed by atoms with Crippen LogP contribution in [-0.2, 0) is 0 Å². The van der Waals surface area contributed by atoms with Gasteiger partial charge in [-0.15, -0.1) is 0 Å². The van der Waals surface area contributed by atoms with Crippen molar-refractivity contribution in [2.45, 2.75) is 13.8 Å². The van der Waals surface area contributed by atoms with Gasteiger partial charge >= 0.3 is 0 Å². The lowest BCUT2D eigenvalue weighted by atomic mass is 9.91. The summed E-state index contributed by atoms with van der Waals surface area (Å²) in [5.41, 5.74) is 5.60. The molecular formula is C34H26Si. The molecule has 1 heteroatoms. The molecule has 0 N–H and O–H groups in total. The van der Waals surface area contributed by atoms with Gasteiger partial charge in [0.1, 0.15) is 0 Å². The largest absolute Gasteiger partial charge is 0.180 e. The molecule has 0 amide bonds. The third-order valence-electron chi connectivity index (χ3n) is 7.97. The second-order valence-corrected chi connectivity index (χ2v) is 13.5. The van der Waals surface area contributed by atoms with Crippen LogP contribution in [0.1, 0.15) is 11.1 Å². The molecular weight excluding hydrogens is 436 g/mol. The fraction of sp³-hybridized carbons (Fsp3) is 0.0588. The zero-order chi connectivity index (χ0) is 23.6. The monoisotopic (exact) mass is 462 g/mol. The summed E-state index contributed by atoms with van der Waals surface area (Å²) < 4.78 is 0. The second-order valence-electron chi connectivity index (χ2n) is 9.81. The van der Waals surface area contributed by atoms with Gasteiger partial charge in [0.15, 0.2) is 8.07 Å². The Morgan fingerprint density at radius 2 is 0.743 bits per heavy atom. The van der Waals surface area contributed by atoms with Gasteiger partial charge in [0, 0.05) is 0 Å². The number of rotatable bonds is 2. The van der Waals surface area contributed by atoms with Gasteiger partial charge in [0.05, 0.1) is 0 Å². The summed E-state index contributed by atoms with van der Waals surface area (Å²) >= 11 is 0. The molecule has 0 fully saturated rings. The van der Waals surface area contributed by atoms with Crippen molar-refractivity contribution in [3.05, 3.63) is 132 Å². The maximum absolute atomic E-state index is 2.52. The average molecular weight is 463 g/mol. The van der Waals surface area contributed by atoms with Crippen LogP contribution in [0.4, 0.5) is 0 Å². The Hall–Kier alpha value is -3.94. The summed E-state index contributed by atoms with van der Waals surface area (Å²) in [7, 11) is -2.52. The van der Waals surface area contributed by atoms with Gasteiger partial charge in [0.25, 0.3) is 0 Å². The highest BCUT2D eigenvalue weighted by Gasteiger charge is 2.50. The Kier molecular flexibility index (Phi) is 4.40. The van der Waals surface area contributed by atoms with Crippen LogP contribution in [-0.4, -0.2) is 8.07 Å². The number of benzene rings is 6. The molecule has 166 valence electrons. The molecule has 35 heavy (non-hydrogen) atoms. The molecule has 0 radical (unpaired) electrons. The van der Waals surface area contributed by atoms with Gasteiger partial charge in [-0.1, -0.05) is 121 Å². The highest BCUT2D eigenvalue weighted by molar-refractivity contribution is 7.22. The van der Waals surface area contributed by atoms with E-state index in [1.165, 1.54) is 64.5 Å². The molecule has 0 unspecified atom stereocenters. The third kappa shape index (κ3) is 2.67. The van der Waals surface area contributed by atoms with Gasteiger partial charge in [-0.05, 0) is 78.4 Å². The number of hydrogen-bond donors (Lipinski definition) is 0. The molecule has 0 spiro atoms. The minimum Gasteiger partial charge on any atom is -0.0623 e. The summed E-state index contributed by atoms with van der Waals surface area (Å²) in [6.07, 6.45) is 0. The van der Waals surface area contributed by atoms with Crippen molar-refractivity contribution in [2.75, 3.05) is 0 Å². The first-order valence-electron chi connectivity index (χ1n) is 12.4. The zero-order valence-corrected chi connectivity index (χ0v) is 21.0. The molecule has 0 bridgehead atoms. The molecule has 0 saturated heterocycles. The average Bonchev–Trinajstić information content (AvgIpc) is 3.21. The molecule has 1 aliphatic heterocycles. The van der Waals surface area contributed by atoms with E-state index in [0.29, 0.717) is 0 Å². The van der Waals surface area contributed by atoms with E-state index >= 15 is 0 Å². The summed E-state index contributed by atoms with van der Waals surface area (Å²) in [5.74, 6) is 0. The minimum atomic E-state index is -2.52. The summed E-state index contributed by atoms with van der Waals surface area (Å²) in [5, 5.41) is 11.4. The first-order chi connectivity index (χ1) is 17.2. The molecule has 7 rings (SSSR count). The van der Waals surface area contributed by atoms with Crippen molar-refractivity contribution >= 4 is 50.4 Å². The Balaban J connectivity index is 1.80. The van der Waals surface area contributed by atoms with Gasteiger partial charge in [0.2, 0.25) is 0 Å². The fourth-order valence-electron chi connectivity index (χ4n) is 6.55. The molecule has 0 saturated carbocycles. The molecule has 1 heterocycles. The SMILES string of the molecule is Cc1cc2c(c3ccccc13)-c1c(cc(C)c3ccccc13)[Si]2(c1ccccc1)c1ccccc1. The van der Waals surface area contributed by atoms with Crippen molar-refractivity contribution in [3.63, 3.8) is 0 Å². The molecule has 0 nitrogen and oxygen atoms in total. The smallest absolute Gasteiger partial charge is 0.0623 e. The van der Waals surface area contributed by atoms with Crippen LogP contribution < -0.4 is 20.7 Å². The predicted octanol–water partition coefficient (Wildman–Crippen LogP) is 5.97. The Morgan fingerprint density at radius 3 is 1.14 bits per heavy atom. The zero-order valence-electron chi connectivity index (χ0n) is 20.0. The number of fused-ring (bicyclic) bond motifs is 7. The van der Waals surface area contributed by atoms with Crippen LogP contribution in [0.25, 0.3) is 32.7 Å². The molecule has 0 aromatic heterocycles. The standard InChI is InChI=1S/C34H26Si/c1-23-21-31-33(29-19-11-9-17-27(23)29)34-30-20-12-10-18-28(30)24(2)22-32(34)35(31,25-13-5-3-6-14-25)26-15-7-4-8-16-26/h3-22H,1-2H3. The highest BCUT2D eigenvalue weighted by Crippen LogP contribution is 2.40. The van der Waals surface area contributed by atoms with Crippen LogP contribution in [0.15, 0.2) is 121 Å². The maximum atomic E-state index is 2.52. The van der Waals surface area contributed by atoms with E-state index in [1.807, 2.05) is 0 Å². The summed E-state index contributed by atoms with van der Waals surface area (Å²) in [6.45, 7) is 4.56. The van der Waals surface area contributed by atoms with Crippen molar-refractivity contribution < 1.29 is 0 Å². The molecule has 1 aliphatic rings. The lowest BCUT2D eigenvalue weighted by Gasteiger charge is -2.32. The van der Waals surface area contributed by atoms with Gasteiger partial charge in [-0.25, -0.2) is 0 Å². The lowest BCUT2D eigenvalue weighted by molar-refractivity contribution is 1.54. The van der Waals surface area contributed by atoms with E-state index in [1.54, 1.807) is 0 Å². The van der Waals surface area contributed by atoms with Gasteiger partial charge in [-0.3, -0.25) is 0 Å². The normalized spacial score (nSPS) is 13.7. The first kappa shape index (κ1) is 20.4. The molecule has 0 aliphatic carbocycles. The minimum absolute atomic E-state index is 1.35. The molecule has 0 atom stereocenters. The van der Waals surface area contributed by atoms with Crippen LogP contribution in [0.5, 0.6) is 0 Å². The van der Waals surface area contributed by atoms with Crippen LogP contribution in [0.2, 0.25) is 0 Å². The second kappa shape index (κ2) is 7.53. The van der Waals surface area contributed by atoms with E-state index in [-0.39, 0.29) is 0 Å². The van der Waals surface area contributed by atoms with E-state index in [0.717, 1.165) is 0 Å². The van der Waals surface area contributed by atoms with Gasteiger partial charge < -0.3 is 0 Å². The van der Waals surface area contributed by atoms with Crippen LogP contribution in [0, 0.1) is 13.8 Å². The topological polar surface area (TPSA) is 0 Å². The third-order valence-corrected chi connectivity index (χ3v) is 12.8. The van der Waals surface area contributed by atoms with E-state index in [4.69, 9.17) is 0 Å². The van der Waals surface area contributed by atoms with Crippen molar-refractivity contribution in [1.29, 1.82) is 0 Å². The highest BCUT2D eigenvalue weighted by atomic mass is 28.3. The van der Waals surface area contributed by atoms with Crippen LogP contribution >= 0.6 is 0 Å². The maximum Gasteiger partial charge on any atom is 0.180 e. The molecule has 6 aromatic rings. The van der Waals surface area contributed by atoms with E-state index in [9.17, 15) is 0 Å². The van der Waals surface area contributed by atoms with Crippen LogP contribution in [0.3, 0.4) is 0 Å². The van der Waals surface area contributed by atoms with Crippen molar-refractivity contribution in [2.24, 2.45) is 0 Å². The Bertz CT molecular complexity index is 1610. The quantitative estimate of drug-likeness (QED) is 0.278. The number of hydrogen-bond acceptors (Lipinski definition) is 0. The van der Waals surface area contributed by atoms with Crippen molar-refractivity contribution in [1.82, 2.24) is 0 Å². The number of aryl methyl sites for hydroxylation is 2. The lowest BCUT2D eigenvalue weighted by Crippen LogP contribution is -2.72. The first-order valence-corrected chi connectivity index (χ1v) is 14.4. The summed E-state index contributed by atoms with van der Waals surface area (Å²) in [6, 6.07) is 45.6. The van der Waals surface area contributed by atoms with Crippen molar-refractivity contribution in [3.8, 4) is 11.1 Å². The molecule has 6 aromatic carbocycles. The summed E-state index contributed by atoms with van der Waals surface area (Å²) in [4.78, 5) is 0. The van der Waals surface area contributed by atoms with E-state index in [2.05, 4.69) is 135 Å². The Morgan fingerprint density at radius 1 is 0.400 bits per heavy atom. The Labute approximate surface area is 207 Å². The van der Waals surface area contributed by atoms with E-state index < -0.39 is 8.07 Å². The predicted molar refractivity (Wildman–Crippen MR) is 154 cm³/mol.